The van der Waals surface area contributed by atoms with Gasteiger partial charge in [-0.05, 0) is 18.4 Å². The summed E-state index contributed by atoms with van der Waals surface area (Å²) < 4.78 is 5.74. The zero-order valence-electron chi connectivity index (χ0n) is 10.9. The molecule has 1 N–H and O–H groups in total. The molecule has 0 heterocycles. The Morgan fingerprint density at radius 1 is 1.32 bits per heavy atom. The van der Waals surface area contributed by atoms with Gasteiger partial charge in [0.15, 0.2) is 6.10 Å². The zero-order chi connectivity index (χ0) is 13.7. The molecule has 0 saturated heterocycles. The van der Waals surface area contributed by atoms with E-state index in [1.807, 2.05) is 42.5 Å². The van der Waals surface area contributed by atoms with Crippen LogP contribution >= 0.6 is 0 Å². The molecular weight excluding hydrogens is 238 g/mol. The Labute approximate surface area is 112 Å². The van der Waals surface area contributed by atoms with Crippen LogP contribution in [0.4, 0.5) is 0 Å². The fourth-order valence-corrected chi connectivity index (χ4v) is 1.86. The van der Waals surface area contributed by atoms with Crippen molar-refractivity contribution in [1.29, 1.82) is 0 Å². The van der Waals surface area contributed by atoms with E-state index in [9.17, 15) is 4.79 Å². The summed E-state index contributed by atoms with van der Waals surface area (Å²) in [4.78, 5) is 11.8. The highest BCUT2D eigenvalue weighted by Gasteiger charge is 2.14. The first-order valence-corrected chi connectivity index (χ1v) is 6.25. The molecule has 0 saturated carbocycles. The first-order valence-electron chi connectivity index (χ1n) is 6.25. The molecule has 0 fully saturated rings. The summed E-state index contributed by atoms with van der Waals surface area (Å²) in [6, 6.07) is 13.8. The summed E-state index contributed by atoms with van der Waals surface area (Å²) in [5, 5.41) is 4.82. The molecule has 0 radical (unpaired) electrons. The Kier molecular flexibility index (Phi) is 4.18. The molecule has 19 heavy (non-hydrogen) atoms. The minimum Gasteiger partial charge on any atom is -0.480 e. The third-order valence-electron chi connectivity index (χ3n) is 2.84. The molecule has 0 aliphatic heterocycles. The average Bonchev–Trinajstić information content (AvgIpc) is 2.45. The van der Waals surface area contributed by atoms with Crippen LogP contribution in [0.3, 0.4) is 0 Å². The van der Waals surface area contributed by atoms with Crippen molar-refractivity contribution in [2.45, 2.75) is 13.0 Å². The van der Waals surface area contributed by atoms with Gasteiger partial charge >= 0.3 is 0 Å². The largest absolute Gasteiger partial charge is 0.480 e. The summed E-state index contributed by atoms with van der Waals surface area (Å²) in [6.45, 7) is 5.74. The quantitative estimate of drug-likeness (QED) is 0.834. The minimum atomic E-state index is -0.536. The van der Waals surface area contributed by atoms with Crippen molar-refractivity contribution in [2.75, 3.05) is 6.54 Å². The number of carbonyl (C=O) groups excluding carboxylic acids is 1. The van der Waals surface area contributed by atoms with Crippen LogP contribution in [0.25, 0.3) is 10.8 Å². The van der Waals surface area contributed by atoms with Crippen LogP contribution < -0.4 is 10.1 Å². The second-order valence-electron chi connectivity index (χ2n) is 4.27. The van der Waals surface area contributed by atoms with E-state index in [0.717, 1.165) is 16.5 Å². The van der Waals surface area contributed by atoms with Crippen LogP contribution in [-0.4, -0.2) is 18.6 Å². The second-order valence-corrected chi connectivity index (χ2v) is 4.27. The fraction of sp³-hybridized carbons (Fsp3) is 0.188. The van der Waals surface area contributed by atoms with Crippen molar-refractivity contribution < 1.29 is 9.53 Å². The third-order valence-corrected chi connectivity index (χ3v) is 2.84. The molecule has 3 nitrogen and oxygen atoms in total. The lowest BCUT2D eigenvalue weighted by Crippen LogP contribution is -2.36. The van der Waals surface area contributed by atoms with E-state index in [2.05, 4.69) is 11.9 Å². The molecule has 0 bridgehead atoms. The Hall–Kier alpha value is -2.29. The molecule has 2 aromatic rings. The van der Waals surface area contributed by atoms with E-state index < -0.39 is 6.10 Å². The molecule has 98 valence electrons. The topological polar surface area (TPSA) is 38.3 Å². The van der Waals surface area contributed by atoms with E-state index in [4.69, 9.17) is 4.74 Å². The molecule has 0 aliphatic rings. The Morgan fingerprint density at radius 3 is 2.84 bits per heavy atom. The van der Waals surface area contributed by atoms with E-state index in [-0.39, 0.29) is 5.91 Å². The highest BCUT2D eigenvalue weighted by Crippen LogP contribution is 2.25. The van der Waals surface area contributed by atoms with Gasteiger partial charge in [-0.15, -0.1) is 6.58 Å². The smallest absolute Gasteiger partial charge is 0.261 e. The number of hydrogen-bond acceptors (Lipinski definition) is 2. The summed E-state index contributed by atoms with van der Waals surface area (Å²) in [7, 11) is 0. The van der Waals surface area contributed by atoms with E-state index in [1.54, 1.807) is 13.0 Å². The Morgan fingerprint density at radius 2 is 2.05 bits per heavy atom. The van der Waals surface area contributed by atoms with Gasteiger partial charge in [-0.1, -0.05) is 42.5 Å². The first kappa shape index (κ1) is 13.1. The Bertz CT molecular complexity index is 587. The first-order chi connectivity index (χ1) is 9.22. The lowest BCUT2D eigenvalue weighted by Gasteiger charge is -2.15. The molecule has 1 atom stereocenters. The van der Waals surface area contributed by atoms with Crippen molar-refractivity contribution in [3.63, 3.8) is 0 Å². The molecule has 2 aromatic carbocycles. The van der Waals surface area contributed by atoms with Crippen molar-refractivity contribution in [3.05, 3.63) is 55.1 Å². The van der Waals surface area contributed by atoms with Gasteiger partial charge in [0, 0.05) is 11.9 Å². The third kappa shape index (κ3) is 3.13. The van der Waals surface area contributed by atoms with Crippen LogP contribution in [0.15, 0.2) is 55.1 Å². The van der Waals surface area contributed by atoms with Gasteiger partial charge in [0.2, 0.25) is 0 Å². The van der Waals surface area contributed by atoms with Gasteiger partial charge in [-0.3, -0.25) is 4.79 Å². The van der Waals surface area contributed by atoms with E-state index >= 15 is 0 Å². The van der Waals surface area contributed by atoms with E-state index in [0.29, 0.717) is 6.54 Å². The molecule has 2 rings (SSSR count). The Balaban J connectivity index is 2.17. The van der Waals surface area contributed by atoms with Crippen LogP contribution in [-0.2, 0) is 4.79 Å². The van der Waals surface area contributed by atoms with Gasteiger partial charge in [0.05, 0.1) is 0 Å². The summed E-state index contributed by atoms with van der Waals surface area (Å²) >= 11 is 0. The summed E-state index contributed by atoms with van der Waals surface area (Å²) in [5.41, 5.74) is 0. The monoisotopic (exact) mass is 255 g/mol. The average molecular weight is 255 g/mol. The number of fused-ring (bicyclic) bond motifs is 1. The number of amides is 1. The maximum atomic E-state index is 11.8. The lowest BCUT2D eigenvalue weighted by molar-refractivity contribution is -0.126. The van der Waals surface area contributed by atoms with Crippen molar-refractivity contribution >= 4 is 16.7 Å². The molecule has 1 amide bonds. The molecule has 0 spiro atoms. The lowest BCUT2D eigenvalue weighted by atomic mass is 10.1. The molecule has 0 unspecified atom stereocenters. The molecule has 0 aromatic heterocycles. The van der Waals surface area contributed by atoms with Gasteiger partial charge in [-0.2, -0.15) is 0 Å². The van der Waals surface area contributed by atoms with E-state index in [1.165, 1.54) is 0 Å². The summed E-state index contributed by atoms with van der Waals surface area (Å²) in [5.74, 6) is 0.576. The number of benzene rings is 2. The van der Waals surface area contributed by atoms with Crippen LogP contribution in [0.1, 0.15) is 6.92 Å². The highest BCUT2D eigenvalue weighted by atomic mass is 16.5. The number of ether oxygens (including phenoxy) is 1. The standard InChI is InChI=1S/C16H17NO2/c1-3-11-17-16(18)12(2)19-15-10-6-8-13-7-4-5-9-14(13)15/h3-10,12H,1,11H2,2H3,(H,17,18)/t12-/m1/s1. The predicted molar refractivity (Wildman–Crippen MR) is 77.2 cm³/mol. The maximum Gasteiger partial charge on any atom is 0.261 e. The highest BCUT2D eigenvalue weighted by molar-refractivity contribution is 5.89. The predicted octanol–water partition coefficient (Wildman–Crippen LogP) is 2.91. The number of hydrogen-bond donors (Lipinski definition) is 1. The number of nitrogens with one attached hydrogen (secondary N) is 1. The van der Waals surface area contributed by atoms with Gasteiger partial charge in [0.1, 0.15) is 5.75 Å². The molecule has 3 heteroatoms. The number of rotatable bonds is 5. The zero-order valence-corrected chi connectivity index (χ0v) is 10.9. The SMILES string of the molecule is C=CCNC(=O)[C@@H](C)Oc1cccc2ccccc12. The van der Waals surface area contributed by atoms with Gasteiger partial charge in [-0.25, -0.2) is 0 Å². The minimum absolute atomic E-state index is 0.146. The maximum absolute atomic E-state index is 11.8. The molecule has 0 aliphatic carbocycles. The summed E-state index contributed by atoms with van der Waals surface area (Å²) in [6.07, 6.45) is 1.11. The normalized spacial score (nSPS) is 11.8. The van der Waals surface area contributed by atoms with Crippen LogP contribution in [0.2, 0.25) is 0 Å². The molecular formula is C16H17NO2. The van der Waals surface area contributed by atoms with Crippen molar-refractivity contribution in [2.24, 2.45) is 0 Å². The van der Waals surface area contributed by atoms with Crippen LogP contribution in [0.5, 0.6) is 5.75 Å². The fourth-order valence-electron chi connectivity index (χ4n) is 1.86. The number of carbonyl (C=O) groups is 1. The second kappa shape index (κ2) is 6.05. The van der Waals surface area contributed by atoms with Gasteiger partial charge < -0.3 is 10.1 Å². The van der Waals surface area contributed by atoms with Crippen molar-refractivity contribution in [3.8, 4) is 5.75 Å². The van der Waals surface area contributed by atoms with Crippen molar-refractivity contribution in [1.82, 2.24) is 5.32 Å². The van der Waals surface area contributed by atoms with Gasteiger partial charge in [0.25, 0.3) is 5.91 Å². The van der Waals surface area contributed by atoms with Crippen LogP contribution in [0, 0.1) is 0 Å².